The van der Waals surface area contributed by atoms with Crippen LogP contribution >= 0.6 is 23.2 Å². The molecule has 1 aromatic carbocycles. The molecule has 0 aliphatic carbocycles. The molecule has 1 aromatic heterocycles. The van der Waals surface area contributed by atoms with Gasteiger partial charge in [0.2, 0.25) is 0 Å². The van der Waals surface area contributed by atoms with Gasteiger partial charge >= 0.3 is 0 Å². The van der Waals surface area contributed by atoms with E-state index in [1.165, 1.54) is 0 Å². The fraction of sp³-hybridized carbons (Fsp3) is 0.400. The number of hydrogen-bond donors (Lipinski definition) is 1. The predicted octanol–water partition coefficient (Wildman–Crippen LogP) is 3.81. The summed E-state index contributed by atoms with van der Waals surface area (Å²) in [5.41, 5.74) is 1.81. The molecule has 0 aliphatic rings. The van der Waals surface area contributed by atoms with Crippen molar-refractivity contribution < 1.29 is 4.74 Å². The summed E-state index contributed by atoms with van der Waals surface area (Å²) in [6.07, 6.45) is 2.95. The second-order valence-electron chi connectivity index (χ2n) is 4.82. The van der Waals surface area contributed by atoms with Crippen LogP contribution in [0.4, 0.5) is 0 Å². The molecule has 0 radical (unpaired) electrons. The monoisotopic (exact) mass is 327 g/mol. The van der Waals surface area contributed by atoms with Gasteiger partial charge in [-0.05, 0) is 31.2 Å². The number of aryl methyl sites for hydroxylation is 1. The first-order valence-electron chi connectivity index (χ1n) is 6.90. The number of aromatic nitrogens is 2. The van der Waals surface area contributed by atoms with E-state index >= 15 is 0 Å². The van der Waals surface area contributed by atoms with E-state index in [4.69, 9.17) is 27.9 Å². The molecule has 0 spiro atoms. The van der Waals surface area contributed by atoms with Crippen LogP contribution in [0.1, 0.15) is 24.6 Å². The molecular weight excluding hydrogens is 309 g/mol. The van der Waals surface area contributed by atoms with Gasteiger partial charge < -0.3 is 10.1 Å². The zero-order chi connectivity index (χ0) is 15.2. The molecule has 1 N–H and O–H groups in total. The molecule has 114 valence electrons. The maximum atomic E-state index is 6.26. The van der Waals surface area contributed by atoms with Crippen LogP contribution in [-0.2, 0) is 20.2 Å². The van der Waals surface area contributed by atoms with E-state index in [0.29, 0.717) is 28.9 Å². The minimum atomic E-state index is 0.378. The van der Waals surface area contributed by atoms with Crippen LogP contribution in [0.25, 0.3) is 0 Å². The van der Waals surface area contributed by atoms with E-state index in [9.17, 15) is 0 Å². The lowest BCUT2D eigenvalue weighted by Gasteiger charge is -2.14. The van der Waals surface area contributed by atoms with Crippen molar-refractivity contribution in [3.05, 3.63) is 45.7 Å². The normalized spacial score (nSPS) is 10.9. The number of nitrogens with one attached hydrogen (secondary N) is 1. The first-order valence-corrected chi connectivity index (χ1v) is 7.65. The van der Waals surface area contributed by atoms with E-state index in [1.54, 1.807) is 10.7 Å². The Bertz CT molecular complexity index is 599. The number of benzene rings is 1. The number of hydrogen-bond acceptors (Lipinski definition) is 3. The molecule has 0 atom stereocenters. The predicted molar refractivity (Wildman–Crippen MR) is 86.0 cm³/mol. The molecule has 0 aliphatic heterocycles. The Labute approximate surface area is 135 Å². The van der Waals surface area contributed by atoms with Crippen LogP contribution in [0.2, 0.25) is 10.0 Å². The van der Waals surface area contributed by atoms with Crippen molar-refractivity contribution >= 4 is 23.2 Å². The Kier molecular flexibility index (Phi) is 5.91. The Hall–Kier alpha value is -1.23. The molecule has 1 heterocycles. The van der Waals surface area contributed by atoms with E-state index in [2.05, 4.69) is 17.3 Å². The average Bonchev–Trinajstić information content (AvgIpc) is 2.83. The Morgan fingerprint density at radius 2 is 2.14 bits per heavy atom. The van der Waals surface area contributed by atoms with E-state index in [1.807, 2.05) is 25.4 Å². The molecule has 0 amide bonds. The second-order valence-corrected chi connectivity index (χ2v) is 5.67. The number of halogens is 2. The summed E-state index contributed by atoms with van der Waals surface area (Å²) in [6.45, 7) is 4.11. The first-order chi connectivity index (χ1) is 10.1. The van der Waals surface area contributed by atoms with Crippen molar-refractivity contribution in [3.8, 4) is 5.75 Å². The zero-order valence-corrected chi connectivity index (χ0v) is 13.7. The van der Waals surface area contributed by atoms with Crippen LogP contribution in [0.15, 0.2) is 24.4 Å². The Balaban J connectivity index is 2.12. The summed E-state index contributed by atoms with van der Waals surface area (Å²) >= 11 is 12.3. The summed E-state index contributed by atoms with van der Waals surface area (Å²) in [4.78, 5) is 0. The smallest absolute Gasteiger partial charge is 0.143 e. The highest BCUT2D eigenvalue weighted by atomic mass is 35.5. The highest BCUT2D eigenvalue weighted by molar-refractivity contribution is 6.35. The maximum Gasteiger partial charge on any atom is 0.143 e. The lowest BCUT2D eigenvalue weighted by atomic mass is 10.2. The number of nitrogens with zero attached hydrogens (tertiary/aromatic N) is 2. The highest BCUT2D eigenvalue weighted by Crippen LogP contribution is 2.33. The summed E-state index contributed by atoms with van der Waals surface area (Å²) < 4.78 is 7.59. The Morgan fingerprint density at radius 3 is 2.81 bits per heavy atom. The van der Waals surface area contributed by atoms with Gasteiger partial charge in [0, 0.05) is 30.4 Å². The largest absolute Gasteiger partial charge is 0.485 e. The molecule has 2 rings (SSSR count). The molecule has 0 saturated carbocycles. The van der Waals surface area contributed by atoms with Crippen LogP contribution < -0.4 is 10.1 Å². The Morgan fingerprint density at radius 1 is 1.33 bits per heavy atom. The molecule has 4 nitrogen and oxygen atoms in total. The second kappa shape index (κ2) is 7.69. The molecule has 2 aromatic rings. The van der Waals surface area contributed by atoms with Crippen LogP contribution in [-0.4, -0.2) is 16.3 Å². The van der Waals surface area contributed by atoms with Gasteiger partial charge in [-0.25, -0.2) is 0 Å². The SMILES string of the molecule is CCCNCc1cc(Cl)cc(Cl)c1OCc1ccn(C)n1. The molecule has 21 heavy (non-hydrogen) atoms. The number of rotatable bonds is 7. The summed E-state index contributed by atoms with van der Waals surface area (Å²) in [5.74, 6) is 0.662. The van der Waals surface area contributed by atoms with Crippen molar-refractivity contribution in [3.63, 3.8) is 0 Å². The molecular formula is C15H19Cl2N3O. The van der Waals surface area contributed by atoms with Crippen molar-refractivity contribution in [2.24, 2.45) is 7.05 Å². The zero-order valence-electron chi connectivity index (χ0n) is 12.2. The first kappa shape index (κ1) is 16.1. The van der Waals surface area contributed by atoms with Crippen LogP contribution in [0.3, 0.4) is 0 Å². The van der Waals surface area contributed by atoms with Gasteiger partial charge in [-0.2, -0.15) is 5.10 Å². The third-order valence-corrected chi connectivity index (χ3v) is 3.46. The average molecular weight is 328 g/mol. The quantitative estimate of drug-likeness (QED) is 0.786. The molecule has 0 unspecified atom stereocenters. The molecule has 0 fully saturated rings. The van der Waals surface area contributed by atoms with Gasteiger partial charge in [0.25, 0.3) is 0 Å². The van der Waals surface area contributed by atoms with E-state index < -0.39 is 0 Å². The third-order valence-electron chi connectivity index (χ3n) is 2.96. The van der Waals surface area contributed by atoms with E-state index in [0.717, 1.165) is 24.2 Å². The van der Waals surface area contributed by atoms with E-state index in [-0.39, 0.29) is 0 Å². The van der Waals surface area contributed by atoms with Gasteiger partial charge in [0.15, 0.2) is 0 Å². The minimum absolute atomic E-state index is 0.378. The fourth-order valence-corrected chi connectivity index (χ4v) is 2.58. The third kappa shape index (κ3) is 4.63. The van der Waals surface area contributed by atoms with Crippen molar-refractivity contribution in [1.29, 1.82) is 0 Å². The van der Waals surface area contributed by atoms with Crippen molar-refractivity contribution in [1.82, 2.24) is 15.1 Å². The summed E-state index contributed by atoms with van der Waals surface area (Å²) in [6, 6.07) is 5.49. The van der Waals surface area contributed by atoms with Gasteiger partial charge in [0.1, 0.15) is 12.4 Å². The highest BCUT2D eigenvalue weighted by Gasteiger charge is 2.11. The maximum absolute atomic E-state index is 6.26. The molecule has 0 saturated heterocycles. The standard InChI is InChI=1S/C15H19Cl2N3O/c1-3-5-18-9-11-7-12(16)8-14(17)15(11)21-10-13-4-6-20(2)19-13/h4,6-8,18H,3,5,9-10H2,1-2H3. The summed E-state index contributed by atoms with van der Waals surface area (Å²) in [5, 5.41) is 8.75. The lowest BCUT2D eigenvalue weighted by molar-refractivity contribution is 0.296. The van der Waals surface area contributed by atoms with Crippen LogP contribution in [0.5, 0.6) is 5.75 Å². The van der Waals surface area contributed by atoms with Crippen molar-refractivity contribution in [2.45, 2.75) is 26.5 Å². The van der Waals surface area contributed by atoms with Gasteiger partial charge in [0.05, 0.1) is 10.7 Å². The van der Waals surface area contributed by atoms with Gasteiger partial charge in [-0.1, -0.05) is 30.1 Å². The lowest BCUT2D eigenvalue weighted by Crippen LogP contribution is -2.15. The van der Waals surface area contributed by atoms with Gasteiger partial charge in [-0.3, -0.25) is 4.68 Å². The van der Waals surface area contributed by atoms with Gasteiger partial charge in [-0.15, -0.1) is 0 Å². The van der Waals surface area contributed by atoms with Crippen LogP contribution in [0, 0.1) is 0 Å². The fourth-order valence-electron chi connectivity index (χ4n) is 1.99. The topological polar surface area (TPSA) is 39.1 Å². The minimum Gasteiger partial charge on any atom is -0.485 e. The summed E-state index contributed by atoms with van der Waals surface area (Å²) in [7, 11) is 1.87. The molecule has 0 bridgehead atoms. The molecule has 6 heteroatoms. The van der Waals surface area contributed by atoms with Crippen molar-refractivity contribution in [2.75, 3.05) is 6.54 Å². The number of ether oxygens (including phenoxy) is 1.